The number of nitriles is 1. The Kier molecular flexibility index (Phi) is 6.10. The van der Waals surface area contributed by atoms with E-state index in [9.17, 15) is 10.1 Å². The molecule has 3 atom stereocenters. The van der Waals surface area contributed by atoms with Crippen LogP contribution in [0.25, 0.3) is 0 Å². The molecule has 3 rings (SSSR count). The van der Waals surface area contributed by atoms with Gasteiger partial charge in [0.25, 0.3) is 0 Å². The second kappa shape index (κ2) is 8.53. The smallest absolute Gasteiger partial charge is 0.237 e. The first kappa shape index (κ1) is 20.0. The Balaban J connectivity index is 1.84. The molecule has 1 heterocycles. The molecule has 28 heavy (non-hydrogen) atoms. The van der Waals surface area contributed by atoms with E-state index < -0.39 is 6.04 Å². The third-order valence-electron chi connectivity index (χ3n) is 5.45. The Labute approximate surface area is 166 Å². The lowest BCUT2D eigenvalue weighted by molar-refractivity contribution is -0.123. The summed E-state index contributed by atoms with van der Waals surface area (Å²) in [5, 5.41) is 12.5. The fraction of sp³-hybridized carbons (Fsp3) is 0.524. The summed E-state index contributed by atoms with van der Waals surface area (Å²) in [6.45, 7) is 9.17. The number of hydrogen-bond donors (Lipinski definition) is 2. The van der Waals surface area contributed by atoms with Crippen molar-refractivity contribution in [2.75, 3.05) is 18.0 Å². The van der Waals surface area contributed by atoms with Gasteiger partial charge in [0.1, 0.15) is 17.4 Å². The highest BCUT2D eigenvalue weighted by molar-refractivity contribution is 5.86. The fourth-order valence-corrected chi connectivity index (χ4v) is 3.95. The van der Waals surface area contributed by atoms with Gasteiger partial charge >= 0.3 is 0 Å². The number of anilines is 1. The van der Waals surface area contributed by atoms with E-state index >= 15 is 0 Å². The van der Waals surface area contributed by atoms with Crippen LogP contribution in [0, 0.1) is 23.2 Å². The third-order valence-corrected chi connectivity index (χ3v) is 5.45. The Morgan fingerprint density at radius 1 is 1.43 bits per heavy atom. The summed E-state index contributed by atoms with van der Waals surface area (Å²) in [5.74, 6) is 0.670. The number of nitrogens with one attached hydrogen (secondary N) is 1. The SMILES string of the molecule is C=Nc1c(N2C[C@@H](C)C[C@@H](NC(=O)C(N)C3CC3)C2)ccc(C#N)c1/N=C\C. The van der Waals surface area contributed by atoms with E-state index in [4.69, 9.17) is 5.73 Å². The quantitative estimate of drug-likeness (QED) is 0.740. The van der Waals surface area contributed by atoms with E-state index in [-0.39, 0.29) is 11.9 Å². The number of hydrogen-bond acceptors (Lipinski definition) is 6. The van der Waals surface area contributed by atoms with Gasteiger partial charge in [-0.3, -0.25) is 14.8 Å². The highest BCUT2D eigenvalue weighted by Gasteiger charge is 2.35. The molecule has 1 aliphatic carbocycles. The van der Waals surface area contributed by atoms with E-state index in [2.05, 4.69) is 39.9 Å². The molecule has 1 aliphatic heterocycles. The van der Waals surface area contributed by atoms with Gasteiger partial charge < -0.3 is 16.0 Å². The van der Waals surface area contributed by atoms with Gasteiger partial charge in [0.15, 0.2) is 0 Å². The lowest BCUT2D eigenvalue weighted by Gasteiger charge is -2.39. The van der Waals surface area contributed by atoms with Crippen LogP contribution in [-0.4, -0.2) is 44.0 Å². The largest absolute Gasteiger partial charge is 0.367 e. The van der Waals surface area contributed by atoms with Crippen LogP contribution in [-0.2, 0) is 4.79 Å². The molecule has 1 unspecified atom stereocenters. The molecule has 7 heteroatoms. The van der Waals surface area contributed by atoms with E-state index in [0.29, 0.717) is 35.3 Å². The predicted octanol–water partition coefficient (Wildman–Crippen LogP) is 2.68. The number of carbonyl (C=O) groups excluding carboxylic acids is 1. The van der Waals surface area contributed by atoms with Crippen LogP contribution in [0.3, 0.4) is 0 Å². The summed E-state index contributed by atoms with van der Waals surface area (Å²) in [4.78, 5) is 23.2. The molecule has 1 saturated heterocycles. The number of nitrogens with two attached hydrogens (primary N) is 1. The van der Waals surface area contributed by atoms with Crippen LogP contribution in [0.5, 0.6) is 0 Å². The molecular weight excluding hydrogens is 352 g/mol. The first-order valence-electron chi connectivity index (χ1n) is 9.81. The van der Waals surface area contributed by atoms with Gasteiger partial charge in [-0.05, 0) is 56.9 Å². The molecule has 1 aromatic rings. The number of aliphatic imine (C=N–C) groups is 2. The van der Waals surface area contributed by atoms with Crippen molar-refractivity contribution in [1.82, 2.24) is 5.32 Å². The molecule has 1 amide bonds. The van der Waals surface area contributed by atoms with Crippen molar-refractivity contribution in [2.24, 2.45) is 27.6 Å². The van der Waals surface area contributed by atoms with Gasteiger partial charge in [-0.1, -0.05) is 6.92 Å². The Morgan fingerprint density at radius 2 is 2.18 bits per heavy atom. The number of carbonyl (C=O) groups is 1. The molecule has 0 radical (unpaired) electrons. The Bertz CT molecular complexity index is 823. The molecular formula is C21H28N6O. The standard InChI is InChI=1S/C21H28N6O/c1-4-25-19-15(10-22)7-8-17(20(19)24-3)27-11-13(2)9-16(12-27)26-21(28)18(23)14-5-6-14/h4,7-8,13-14,16,18H,3,5-6,9,11-12,23H2,1-2H3,(H,26,28)/b25-4-/t13-,16+,18?/m0/s1. The minimum absolute atomic E-state index is 0.0208. The number of rotatable bonds is 6. The molecule has 0 spiro atoms. The molecule has 0 bridgehead atoms. The number of nitrogens with zero attached hydrogens (tertiary/aromatic N) is 4. The maximum Gasteiger partial charge on any atom is 0.237 e. The van der Waals surface area contributed by atoms with E-state index in [1.165, 1.54) is 0 Å². The molecule has 7 nitrogen and oxygen atoms in total. The van der Waals surface area contributed by atoms with Gasteiger partial charge in [0, 0.05) is 25.3 Å². The molecule has 3 N–H and O–H groups in total. The summed E-state index contributed by atoms with van der Waals surface area (Å²) in [7, 11) is 0. The summed E-state index contributed by atoms with van der Waals surface area (Å²) < 4.78 is 0. The molecule has 1 aromatic carbocycles. The lowest BCUT2D eigenvalue weighted by Crippen LogP contribution is -2.54. The molecule has 148 valence electrons. The third kappa shape index (κ3) is 4.23. The number of amides is 1. The van der Waals surface area contributed by atoms with E-state index in [0.717, 1.165) is 31.5 Å². The maximum absolute atomic E-state index is 12.5. The molecule has 0 aromatic heterocycles. The number of piperidine rings is 1. The van der Waals surface area contributed by atoms with Crippen LogP contribution in [0.1, 0.15) is 38.7 Å². The average molecular weight is 380 g/mol. The Morgan fingerprint density at radius 3 is 2.79 bits per heavy atom. The van der Waals surface area contributed by atoms with Gasteiger partial charge in [-0.2, -0.15) is 5.26 Å². The summed E-state index contributed by atoms with van der Waals surface area (Å²) >= 11 is 0. The zero-order valence-corrected chi connectivity index (χ0v) is 16.6. The van der Waals surface area contributed by atoms with Crippen molar-refractivity contribution in [2.45, 2.75) is 45.2 Å². The minimum atomic E-state index is -0.406. The normalized spacial score (nSPS) is 23.3. The maximum atomic E-state index is 12.5. The second-order valence-electron chi connectivity index (χ2n) is 7.80. The van der Waals surface area contributed by atoms with Gasteiger partial charge in [-0.25, -0.2) is 0 Å². The Hall–Kier alpha value is -2.72. The van der Waals surface area contributed by atoms with Crippen molar-refractivity contribution in [3.63, 3.8) is 0 Å². The highest BCUT2D eigenvalue weighted by Crippen LogP contribution is 2.41. The summed E-state index contributed by atoms with van der Waals surface area (Å²) in [6.07, 6.45) is 4.65. The first-order valence-corrected chi connectivity index (χ1v) is 9.81. The monoisotopic (exact) mass is 380 g/mol. The first-order chi connectivity index (χ1) is 13.5. The van der Waals surface area contributed by atoms with Crippen LogP contribution in [0.4, 0.5) is 17.1 Å². The topological polar surface area (TPSA) is 107 Å². The molecule has 1 saturated carbocycles. The zero-order chi connectivity index (χ0) is 20.3. The fourth-order valence-electron chi connectivity index (χ4n) is 3.95. The van der Waals surface area contributed by atoms with E-state index in [1.54, 1.807) is 19.2 Å². The van der Waals surface area contributed by atoms with Crippen molar-refractivity contribution < 1.29 is 4.79 Å². The van der Waals surface area contributed by atoms with Crippen molar-refractivity contribution >= 4 is 35.9 Å². The van der Waals surface area contributed by atoms with Crippen molar-refractivity contribution in [1.29, 1.82) is 5.26 Å². The van der Waals surface area contributed by atoms with Gasteiger partial charge in [-0.15, -0.1) is 0 Å². The molecule has 2 aliphatic rings. The molecule has 2 fully saturated rings. The summed E-state index contributed by atoms with van der Waals surface area (Å²) in [5.41, 5.74) is 8.54. The minimum Gasteiger partial charge on any atom is -0.367 e. The average Bonchev–Trinajstić information content (AvgIpc) is 3.52. The van der Waals surface area contributed by atoms with Crippen LogP contribution < -0.4 is 16.0 Å². The zero-order valence-electron chi connectivity index (χ0n) is 16.6. The van der Waals surface area contributed by atoms with Crippen molar-refractivity contribution in [3.8, 4) is 6.07 Å². The van der Waals surface area contributed by atoms with Gasteiger partial charge in [0.05, 0.1) is 17.3 Å². The number of benzene rings is 1. The van der Waals surface area contributed by atoms with Gasteiger partial charge in [0.2, 0.25) is 5.91 Å². The second-order valence-corrected chi connectivity index (χ2v) is 7.80. The van der Waals surface area contributed by atoms with Crippen LogP contribution in [0.15, 0.2) is 22.1 Å². The van der Waals surface area contributed by atoms with Crippen LogP contribution >= 0.6 is 0 Å². The van der Waals surface area contributed by atoms with E-state index in [1.807, 2.05) is 6.07 Å². The predicted molar refractivity (Wildman–Crippen MR) is 113 cm³/mol. The van der Waals surface area contributed by atoms with Crippen molar-refractivity contribution in [3.05, 3.63) is 17.7 Å². The summed E-state index contributed by atoms with van der Waals surface area (Å²) in [6, 6.07) is 5.44. The lowest BCUT2D eigenvalue weighted by atomic mass is 9.94. The highest BCUT2D eigenvalue weighted by atomic mass is 16.2. The van der Waals surface area contributed by atoms with Crippen LogP contribution in [0.2, 0.25) is 0 Å².